The van der Waals surface area contributed by atoms with Gasteiger partial charge in [0.15, 0.2) is 0 Å². The minimum absolute atomic E-state index is 0.0935. The van der Waals surface area contributed by atoms with Crippen LogP contribution in [0.25, 0.3) is 44.2 Å². The molecule has 0 spiro atoms. The normalized spacial score (nSPS) is 18.9. The number of methoxy groups -OCH3 is 3. The Hall–Kier alpha value is -6.94. The van der Waals surface area contributed by atoms with Crippen LogP contribution in [0, 0.1) is 11.8 Å². The molecule has 6 aromatic rings. The average molecular weight is 869 g/mol. The Morgan fingerprint density at radius 1 is 0.859 bits per heavy atom. The van der Waals surface area contributed by atoms with Gasteiger partial charge in [-0.05, 0) is 77.1 Å². The maximum Gasteiger partial charge on any atom is 0.407 e. The molecule has 1 unspecified atom stereocenters. The first kappa shape index (κ1) is 42.4. The number of ether oxygens (including phenoxy) is 4. The number of alkyl carbamates (subject to hydrolysis) is 2. The summed E-state index contributed by atoms with van der Waals surface area (Å²) in [4.78, 5) is 73.1. The predicted octanol–water partition coefficient (Wildman–Crippen LogP) is 7.34. The third-order valence-corrected chi connectivity index (χ3v) is 12.7. The Labute approximate surface area is 370 Å². The maximum atomic E-state index is 14.1. The molecule has 4 N–H and O–H groups in total. The molecule has 0 bridgehead atoms. The number of imidazole rings is 2. The molecule has 4 aromatic carbocycles. The lowest BCUT2D eigenvalue weighted by Crippen LogP contribution is -2.51. The van der Waals surface area contributed by atoms with Crippen LogP contribution in [0.5, 0.6) is 5.75 Å². The molecule has 5 heterocycles. The molecule has 4 amide bonds. The Morgan fingerprint density at radius 3 is 2.42 bits per heavy atom. The van der Waals surface area contributed by atoms with E-state index < -0.39 is 24.3 Å². The first-order valence-electron chi connectivity index (χ1n) is 21.7. The molecule has 16 nitrogen and oxygen atoms in total. The number of hydrogen-bond acceptors (Lipinski definition) is 10. The van der Waals surface area contributed by atoms with E-state index >= 15 is 0 Å². The van der Waals surface area contributed by atoms with E-state index in [0.717, 1.165) is 68.3 Å². The lowest BCUT2D eigenvalue weighted by Gasteiger charge is -2.30. The second-order valence-corrected chi connectivity index (χ2v) is 17.1. The van der Waals surface area contributed by atoms with Gasteiger partial charge in [0.25, 0.3) is 5.91 Å². The average Bonchev–Trinajstić information content (AvgIpc) is 4.15. The molecule has 3 aliphatic rings. The van der Waals surface area contributed by atoms with Crippen molar-refractivity contribution in [3.05, 3.63) is 102 Å². The summed E-state index contributed by atoms with van der Waals surface area (Å²) in [6.07, 6.45) is 2.66. The van der Waals surface area contributed by atoms with E-state index in [2.05, 4.69) is 50.9 Å². The van der Waals surface area contributed by atoms with Crippen LogP contribution in [0.1, 0.15) is 74.0 Å². The molecule has 0 radical (unpaired) electrons. The number of aromatic amines is 2. The number of carbonyl (C=O) groups is 4. The minimum Gasteiger partial charge on any atom is -0.488 e. The number of nitrogens with zero attached hydrogens (tertiary/aromatic N) is 4. The number of likely N-dealkylation sites (tertiary alicyclic amines) is 2. The second-order valence-electron chi connectivity index (χ2n) is 17.1. The van der Waals surface area contributed by atoms with E-state index in [4.69, 9.17) is 28.9 Å². The number of aromatic nitrogens is 4. The topological polar surface area (TPSA) is 193 Å². The van der Waals surface area contributed by atoms with Gasteiger partial charge < -0.3 is 49.3 Å². The summed E-state index contributed by atoms with van der Waals surface area (Å²) in [6.45, 7) is 5.65. The van der Waals surface area contributed by atoms with Gasteiger partial charge in [0, 0.05) is 37.1 Å². The maximum absolute atomic E-state index is 14.1. The number of carbonyl (C=O) groups excluding carboxylic acids is 4. The van der Waals surface area contributed by atoms with Gasteiger partial charge in [-0.1, -0.05) is 62.4 Å². The lowest BCUT2D eigenvalue weighted by molar-refractivity contribution is -0.136. The van der Waals surface area contributed by atoms with Crippen LogP contribution >= 0.6 is 0 Å². The van der Waals surface area contributed by atoms with E-state index in [-0.39, 0.29) is 35.7 Å². The summed E-state index contributed by atoms with van der Waals surface area (Å²) < 4.78 is 21.6. The molecular weight excluding hydrogens is 817 g/mol. The molecule has 0 aliphatic carbocycles. The Bertz CT molecular complexity index is 2730. The molecule has 16 heteroatoms. The number of nitrogens with one attached hydrogen (secondary N) is 4. The van der Waals surface area contributed by atoms with Crippen LogP contribution < -0.4 is 15.4 Å². The van der Waals surface area contributed by atoms with Gasteiger partial charge in [-0.15, -0.1) is 0 Å². The van der Waals surface area contributed by atoms with E-state index in [1.165, 1.54) is 14.2 Å². The van der Waals surface area contributed by atoms with Crippen molar-refractivity contribution in [2.24, 2.45) is 11.8 Å². The van der Waals surface area contributed by atoms with E-state index in [9.17, 15) is 19.2 Å². The van der Waals surface area contributed by atoms with Crippen molar-refractivity contribution in [1.29, 1.82) is 0 Å². The molecular formula is C48H52N8O8. The fraction of sp³-hybridized carbons (Fsp3) is 0.375. The Balaban J connectivity index is 0.966. The summed E-state index contributed by atoms with van der Waals surface area (Å²) in [7, 11) is 4.22. The van der Waals surface area contributed by atoms with E-state index in [1.54, 1.807) is 18.2 Å². The van der Waals surface area contributed by atoms with Crippen LogP contribution in [-0.4, -0.2) is 101 Å². The number of benzene rings is 4. The predicted molar refractivity (Wildman–Crippen MR) is 238 cm³/mol. The summed E-state index contributed by atoms with van der Waals surface area (Å²) in [5.74, 6) is 1.62. The molecule has 5 atom stereocenters. The third-order valence-electron chi connectivity index (χ3n) is 12.7. The van der Waals surface area contributed by atoms with Gasteiger partial charge in [0.05, 0.1) is 55.8 Å². The van der Waals surface area contributed by atoms with Crippen LogP contribution in [0.2, 0.25) is 0 Å². The van der Waals surface area contributed by atoms with Crippen molar-refractivity contribution in [3.63, 3.8) is 0 Å². The summed E-state index contributed by atoms with van der Waals surface area (Å²) >= 11 is 0. The smallest absolute Gasteiger partial charge is 0.407 e. The van der Waals surface area contributed by atoms with Crippen molar-refractivity contribution in [1.82, 2.24) is 40.4 Å². The highest BCUT2D eigenvalue weighted by atomic mass is 16.5. The summed E-state index contributed by atoms with van der Waals surface area (Å²) in [5, 5.41) is 7.37. The molecule has 3 aliphatic heterocycles. The molecule has 332 valence electrons. The van der Waals surface area contributed by atoms with Gasteiger partial charge >= 0.3 is 12.2 Å². The van der Waals surface area contributed by atoms with Gasteiger partial charge in [-0.25, -0.2) is 19.6 Å². The molecule has 2 aromatic heterocycles. The van der Waals surface area contributed by atoms with Crippen molar-refractivity contribution in [3.8, 4) is 28.1 Å². The highest BCUT2D eigenvalue weighted by Crippen LogP contribution is 2.44. The zero-order chi connectivity index (χ0) is 44.6. The molecule has 2 saturated heterocycles. The standard InChI is InChI=1S/C48H52N8O8/c1-26(2)40(53-47(59)62-4)45(57)56-23-27(24-61-3)18-38(56)44-50-35-16-14-29-20-34-32-15-13-30(19-31(32)25-64-39(34)21-33(29)42(35)52-44)36-22-49-43(51-36)37-12-9-17-55(37)46(58)41(54-48(60)63-5)28-10-7-6-8-11-28/h6-8,10-11,13-16,19-22,26-27,37-38,40-41H,9,12,17-18,23-25H2,1-5H3,(H,49,51)(H,50,52)(H,53,59)(H,54,60)/t27-,37-,38-,40?,41+/m0/s1. The van der Waals surface area contributed by atoms with Gasteiger partial charge in [0.1, 0.15) is 36.1 Å². The third kappa shape index (κ3) is 7.97. The number of H-pyrrole nitrogens is 2. The van der Waals surface area contributed by atoms with Crippen molar-refractivity contribution < 1.29 is 38.1 Å². The fourth-order valence-electron chi connectivity index (χ4n) is 9.53. The first-order chi connectivity index (χ1) is 31.0. The zero-order valence-corrected chi connectivity index (χ0v) is 36.5. The monoisotopic (exact) mass is 868 g/mol. The highest BCUT2D eigenvalue weighted by molar-refractivity contribution is 6.07. The SMILES string of the molecule is COC[C@H]1C[C@@H](c2nc3c(ccc4cc5c(cc43)OCc3cc(-c4cnc([C@@H]6CCCN6C(=O)[C@H](NC(=O)OC)c6ccccc6)[nH]4)ccc3-5)[nH]2)N(C(=O)C(NC(=O)OC)C(C)C)C1. The quantitative estimate of drug-likeness (QED) is 0.102. The molecule has 2 fully saturated rings. The van der Waals surface area contributed by atoms with Crippen LogP contribution in [0.4, 0.5) is 9.59 Å². The van der Waals surface area contributed by atoms with Gasteiger partial charge in [-0.3, -0.25) is 9.59 Å². The summed E-state index contributed by atoms with van der Waals surface area (Å²) in [5.41, 5.74) is 7.12. The van der Waals surface area contributed by atoms with E-state index in [1.807, 2.05) is 61.2 Å². The molecule has 9 rings (SSSR count). The largest absolute Gasteiger partial charge is 0.488 e. The summed E-state index contributed by atoms with van der Waals surface area (Å²) in [6, 6.07) is 21.4. The molecule has 64 heavy (non-hydrogen) atoms. The van der Waals surface area contributed by atoms with Gasteiger partial charge in [-0.2, -0.15) is 0 Å². The molecule has 0 saturated carbocycles. The Morgan fingerprint density at radius 2 is 1.66 bits per heavy atom. The van der Waals surface area contributed by atoms with Crippen molar-refractivity contribution >= 4 is 45.8 Å². The first-order valence-corrected chi connectivity index (χ1v) is 21.7. The lowest BCUT2D eigenvalue weighted by atomic mass is 9.92. The minimum atomic E-state index is -0.900. The number of rotatable bonds is 11. The van der Waals surface area contributed by atoms with Crippen LogP contribution in [-0.2, 0) is 30.4 Å². The number of hydrogen-bond donors (Lipinski definition) is 4. The Kier molecular flexibility index (Phi) is 11.7. The van der Waals surface area contributed by atoms with Crippen LogP contribution in [0.15, 0.2) is 79.0 Å². The fourth-order valence-corrected chi connectivity index (χ4v) is 9.53. The zero-order valence-electron chi connectivity index (χ0n) is 36.5. The van der Waals surface area contributed by atoms with Crippen molar-refractivity contribution in [2.45, 2.75) is 63.9 Å². The van der Waals surface area contributed by atoms with Crippen molar-refractivity contribution in [2.75, 3.05) is 41.0 Å². The number of amides is 4. The van der Waals surface area contributed by atoms with Gasteiger partial charge in [0.2, 0.25) is 5.91 Å². The highest BCUT2D eigenvalue weighted by Gasteiger charge is 2.42. The second kappa shape index (κ2) is 17.7. The van der Waals surface area contributed by atoms with E-state index in [0.29, 0.717) is 49.9 Å². The van der Waals surface area contributed by atoms with Crippen LogP contribution in [0.3, 0.4) is 0 Å². The number of fused-ring (bicyclic) bond motifs is 6.